The van der Waals surface area contributed by atoms with Crippen LogP contribution < -0.4 is 20.4 Å². The number of aliphatic carboxylic acids is 4. The minimum absolute atomic E-state index is 0. The van der Waals surface area contributed by atoms with E-state index in [-0.39, 0.29) is 31.1 Å². The molecule has 0 saturated heterocycles. The van der Waals surface area contributed by atoms with E-state index in [2.05, 4.69) is 0 Å². The first-order chi connectivity index (χ1) is 10.6. The first-order valence-electron chi connectivity index (χ1n) is 7.41. The second kappa shape index (κ2) is 19.9. The van der Waals surface area contributed by atoms with Gasteiger partial charge in [0, 0.05) is 23.9 Å². The maximum atomic E-state index is 9.59. The Morgan fingerprint density at radius 3 is 0.480 bits per heavy atom. The third-order valence-corrected chi connectivity index (χ3v) is 1.89. The summed E-state index contributed by atoms with van der Waals surface area (Å²) < 4.78 is 0. The zero-order valence-electron chi connectivity index (χ0n) is 16.1. The summed E-state index contributed by atoms with van der Waals surface area (Å²) in [5, 5.41) is 38.4. The summed E-state index contributed by atoms with van der Waals surface area (Å²) in [5.74, 6) is -5.33. The van der Waals surface area contributed by atoms with Gasteiger partial charge >= 0.3 is 7.43 Å². The molecule has 0 rings (SSSR count). The standard InChI is InChI=1S/4C4H8O2.C/c4*1-3(2)4(5)6;/h4*3H,1-2H3,(H,5,6);/q;;;;+4/p-4. The van der Waals surface area contributed by atoms with E-state index in [4.69, 9.17) is 0 Å². The predicted octanol–water partition coefficient (Wildman–Crippen LogP) is -2.35. The van der Waals surface area contributed by atoms with E-state index in [9.17, 15) is 39.6 Å². The van der Waals surface area contributed by atoms with E-state index in [0.717, 1.165) is 0 Å². The Morgan fingerprint density at radius 2 is 0.480 bits per heavy atom. The smallest absolute Gasteiger partial charge is 0.550 e. The Kier molecular flexibility index (Phi) is 27.3. The molecule has 0 aliphatic rings. The van der Waals surface area contributed by atoms with Crippen LogP contribution in [0.3, 0.4) is 0 Å². The maximum Gasteiger partial charge on any atom is 4.00 e. The van der Waals surface area contributed by atoms with Crippen molar-refractivity contribution in [2.75, 3.05) is 0 Å². The van der Waals surface area contributed by atoms with Gasteiger partial charge in [0.2, 0.25) is 0 Å². The number of hydrogen-bond donors (Lipinski definition) is 0. The van der Waals surface area contributed by atoms with Crippen molar-refractivity contribution in [2.45, 2.75) is 55.4 Å². The van der Waals surface area contributed by atoms with Crippen molar-refractivity contribution in [3.63, 3.8) is 0 Å². The molecule has 25 heavy (non-hydrogen) atoms. The topological polar surface area (TPSA) is 161 Å². The summed E-state index contributed by atoms with van der Waals surface area (Å²) in [6, 6.07) is 0. The molecule has 0 heterocycles. The SMILES string of the molecule is CC(C)C(=O)[O-].CC(C)C(=O)[O-].CC(C)C(=O)[O-].CC(C)C(=O)[O-].[C+4]. The van der Waals surface area contributed by atoms with Crippen LogP contribution in [0.25, 0.3) is 0 Å². The molecule has 0 radical (unpaired) electrons. The van der Waals surface area contributed by atoms with Gasteiger partial charge in [-0.05, 0) is 23.7 Å². The Labute approximate surface area is 150 Å². The third-order valence-electron chi connectivity index (χ3n) is 1.89. The number of carbonyl (C=O) groups is 4. The minimum Gasteiger partial charge on any atom is -0.550 e. The molecule has 8 nitrogen and oxygen atoms in total. The van der Waals surface area contributed by atoms with Gasteiger partial charge in [0.15, 0.2) is 0 Å². The molecule has 0 unspecified atom stereocenters. The normalized spacial score (nSPS) is 8.80. The van der Waals surface area contributed by atoms with Crippen LogP contribution in [0, 0.1) is 31.1 Å². The van der Waals surface area contributed by atoms with Gasteiger partial charge in [0.25, 0.3) is 0 Å². The van der Waals surface area contributed by atoms with E-state index in [1.165, 1.54) is 0 Å². The number of carboxylic acids is 4. The molecule has 144 valence electrons. The fourth-order valence-corrected chi connectivity index (χ4v) is 0. The summed E-state index contributed by atoms with van der Waals surface area (Å²) in [6.45, 7) is 12.6. The Bertz CT molecular complexity index is 299. The summed E-state index contributed by atoms with van der Waals surface area (Å²) in [7, 11) is 0. The van der Waals surface area contributed by atoms with Gasteiger partial charge < -0.3 is 39.6 Å². The average Bonchev–Trinajstić information content (AvgIpc) is 2.40. The Balaban J connectivity index is -0.0000000702. The van der Waals surface area contributed by atoms with Gasteiger partial charge in [0.1, 0.15) is 0 Å². The largest absolute Gasteiger partial charge is 4.00 e. The van der Waals surface area contributed by atoms with Gasteiger partial charge in [-0.3, -0.25) is 0 Å². The van der Waals surface area contributed by atoms with E-state index < -0.39 is 23.9 Å². The molecular formula is C17H28O8. The van der Waals surface area contributed by atoms with Crippen LogP contribution in [0.4, 0.5) is 0 Å². The van der Waals surface area contributed by atoms with Crippen molar-refractivity contribution in [2.24, 2.45) is 23.7 Å². The van der Waals surface area contributed by atoms with Crippen LogP contribution in [0.1, 0.15) is 55.4 Å². The molecule has 0 amide bonds. The molecule has 0 aliphatic carbocycles. The van der Waals surface area contributed by atoms with Crippen LogP contribution in [0.2, 0.25) is 0 Å². The van der Waals surface area contributed by atoms with Gasteiger partial charge in [0.05, 0.1) is 0 Å². The maximum absolute atomic E-state index is 9.59. The second-order valence-corrected chi connectivity index (χ2v) is 5.89. The van der Waals surface area contributed by atoms with Crippen LogP contribution in [-0.2, 0) is 19.2 Å². The molecule has 8 heteroatoms. The van der Waals surface area contributed by atoms with Crippen LogP contribution in [-0.4, -0.2) is 23.9 Å². The van der Waals surface area contributed by atoms with E-state index >= 15 is 0 Å². The van der Waals surface area contributed by atoms with Gasteiger partial charge in [-0.25, -0.2) is 0 Å². The van der Waals surface area contributed by atoms with Gasteiger partial charge in [-0.1, -0.05) is 55.4 Å². The molecule has 0 aliphatic heterocycles. The molecular weight excluding hydrogens is 332 g/mol. The summed E-state index contributed by atoms with van der Waals surface area (Å²) in [4.78, 5) is 38.4. The first-order valence-corrected chi connectivity index (χ1v) is 7.41. The van der Waals surface area contributed by atoms with Crippen molar-refractivity contribution < 1.29 is 39.6 Å². The zero-order valence-corrected chi connectivity index (χ0v) is 16.1. The van der Waals surface area contributed by atoms with Crippen molar-refractivity contribution in [3.05, 3.63) is 7.43 Å². The minimum atomic E-state index is -0.991. The number of carboxylic acid groups (broad SMARTS) is 4. The van der Waals surface area contributed by atoms with Crippen molar-refractivity contribution in [1.82, 2.24) is 0 Å². The predicted molar refractivity (Wildman–Crippen MR) is 82.6 cm³/mol. The van der Waals surface area contributed by atoms with E-state index in [1.54, 1.807) is 55.4 Å². The molecule has 0 atom stereocenters. The molecule has 0 spiro atoms. The fourth-order valence-electron chi connectivity index (χ4n) is 0. The second-order valence-electron chi connectivity index (χ2n) is 5.89. The van der Waals surface area contributed by atoms with Crippen LogP contribution in [0.5, 0.6) is 0 Å². The summed E-state index contributed by atoms with van der Waals surface area (Å²) >= 11 is 0. The quantitative estimate of drug-likeness (QED) is 0.538. The van der Waals surface area contributed by atoms with E-state index in [0.29, 0.717) is 0 Å². The summed E-state index contributed by atoms with van der Waals surface area (Å²) in [6.07, 6.45) is 0. The van der Waals surface area contributed by atoms with Crippen LogP contribution in [0.15, 0.2) is 0 Å². The van der Waals surface area contributed by atoms with Crippen molar-refractivity contribution in [3.8, 4) is 0 Å². The van der Waals surface area contributed by atoms with Gasteiger partial charge in [-0.15, -0.1) is 0 Å². The van der Waals surface area contributed by atoms with Crippen molar-refractivity contribution >= 4 is 23.9 Å². The summed E-state index contributed by atoms with van der Waals surface area (Å²) in [5.41, 5.74) is 0. The Morgan fingerprint density at radius 1 is 0.440 bits per heavy atom. The molecule has 0 saturated carbocycles. The average molecular weight is 360 g/mol. The fraction of sp³-hybridized carbons (Fsp3) is 0.706. The third kappa shape index (κ3) is 44.9. The number of hydrogen-bond acceptors (Lipinski definition) is 8. The Hall–Kier alpha value is -2.12. The van der Waals surface area contributed by atoms with Crippen molar-refractivity contribution in [1.29, 1.82) is 0 Å². The molecule has 0 fully saturated rings. The molecule has 0 aromatic rings. The van der Waals surface area contributed by atoms with Gasteiger partial charge in [-0.2, -0.15) is 0 Å². The first kappa shape index (κ1) is 34.3. The molecule has 0 N–H and O–H groups in total. The monoisotopic (exact) mass is 360 g/mol. The zero-order chi connectivity index (χ0) is 20.6. The molecule has 0 aromatic carbocycles. The number of rotatable bonds is 4. The molecule has 0 aromatic heterocycles. The van der Waals surface area contributed by atoms with E-state index in [1.807, 2.05) is 0 Å². The number of carbonyl (C=O) groups excluding carboxylic acids is 4. The van der Waals surface area contributed by atoms with Crippen LogP contribution >= 0.6 is 0 Å². The molecule has 0 bridgehead atoms.